The Kier molecular flexibility index (Phi) is 6.16. The second kappa shape index (κ2) is 6.14. The standard InChI is InChI=1S/C4H3O.C3H5.Nb/c1-2-4-5-3-1;1-2-3-1;/h1-3H;1H,2-3H2;/q2*-1;+2. The zero-order valence-corrected chi connectivity index (χ0v) is 7.28. The largest absolute Gasteiger partial charge is 2.00 e. The Morgan fingerprint density at radius 1 is 1.44 bits per heavy atom. The molecule has 0 unspecified atom stereocenters. The first-order valence-corrected chi connectivity index (χ1v) is 2.71. The summed E-state index contributed by atoms with van der Waals surface area (Å²) < 4.78 is 4.46. The van der Waals surface area contributed by atoms with Crippen LogP contribution < -0.4 is 0 Å². The van der Waals surface area contributed by atoms with E-state index in [1.165, 1.54) is 12.8 Å². The van der Waals surface area contributed by atoms with Crippen LogP contribution in [-0.2, 0) is 22.4 Å². The van der Waals surface area contributed by atoms with Gasteiger partial charge >= 0.3 is 22.4 Å². The topological polar surface area (TPSA) is 13.1 Å². The zero-order chi connectivity index (χ0) is 5.66. The van der Waals surface area contributed by atoms with Crippen LogP contribution in [0.5, 0.6) is 0 Å². The van der Waals surface area contributed by atoms with Crippen LogP contribution >= 0.6 is 0 Å². The molecule has 1 heterocycles. The summed E-state index contributed by atoms with van der Waals surface area (Å²) in [5.41, 5.74) is 0. The number of hydrogen-bond donors (Lipinski definition) is 0. The maximum atomic E-state index is 4.46. The van der Waals surface area contributed by atoms with E-state index in [1.54, 1.807) is 18.4 Å². The summed E-state index contributed by atoms with van der Waals surface area (Å²) in [6.45, 7) is 0. The van der Waals surface area contributed by atoms with E-state index in [-0.39, 0.29) is 22.4 Å². The fraction of sp³-hybridized carbons (Fsp3) is 0.286. The molecule has 1 aliphatic carbocycles. The fourth-order valence-corrected chi connectivity index (χ4v) is 0.196. The molecule has 1 fully saturated rings. The van der Waals surface area contributed by atoms with E-state index in [4.69, 9.17) is 0 Å². The Morgan fingerprint density at radius 3 is 2.22 bits per heavy atom. The third-order valence-electron chi connectivity index (χ3n) is 0.668. The molecule has 0 saturated heterocycles. The predicted octanol–water partition coefficient (Wildman–Crippen LogP) is 2.06. The summed E-state index contributed by atoms with van der Waals surface area (Å²) in [4.78, 5) is 0. The van der Waals surface area contributed by atoms with Crippen molar-refractivity contribution in [3.63, 3.8) is 0 Å². The molecule has 0 spiro atoms. The number of rotatable bonds is 0. The first-order chi connectivity index (χ1) is 4.00. The molecule has 0 amide bonds. The smallest absolute Gasteiger partial charge is 0.599 e. The van der Waals surface area contributed by atoms with Crippen molar-refractivity contribution in [1.29, 1.82) is 0 Å². The van der Waals surface area contributed by atoms with Crippen molar-refractivity contribution in [3.05, 3.63) is 31.1 Å². The molecule has 0 atom stereocenters. The van der Waals surface area contributed by atoms with Gasteiger partial charge in [0.25, 0.3) is 0 Å². The van der Waals surface area contributed by atoms with Gasteiger partial charge in [0.15, 0.2) is 0 Å². The van der Waals surface area contributed by atoms with E-state index < -0.39 is 0 Å². The van der Waals surface area contributed by atoms with E-state index in [1.807, 2.05) is 0 Å². The van der Waals surface area contributed by atoms with Crippen LogP contribution in [-0.4, -0.2) is 0 Å². The third-order valence-corrected chi connectivity index (χ3v) is 0.668. The Labute approximate surface area is 71.0 Å². The summed E-state index contributed by atoms with van der Waals surface area (Å²) in [5, 5.41) is 0. The molecule has 2 heteroatoms. The van der Waals surface area contributed by atoms with Crippen molar-refractivity contribution in [2.75, 3.05) is 0 Å². The molecule has 1 aliphatic rings. The molecule has 0 N–H and O–H groups in total. The van der Waals surface area contributed by atoms with E-state index in [0.717, 1.165) is 0 Å². The van der Waals surface area contributed by atoms with E-state index in [2.05, 4.69) is 17.1 Å². The number of furan rings is 1. The average Bonchev–Trinajstić information content (AvgIpc) is 2.55. The van der Waals surface area contributed by atoms with Crippen LogP contribution in [0.25, 0.3) is 0 Å². The van der Waals surface area contributed by atoms with Crippen LogP contribution in [0.4, 0.5) is 0 Å². The third kappa shape index (κ3) is 8.02. The van der Waals surface area contributed by atoms with Gasteiger partial charge in [0.1, 0.15) is 0 Å². The second-order valence-electron chi connectivity index (χ2n) is 1.60. The van der Waals surface area contributed by atoms with Crippen LogP contribution in [0, 0.1) is 12.7 Å². The van der Waals surface area contributed by atoms with E-state index >= 15 is 0 Å². The van der Waals surface area contributed by atoms with Gasteiger partial charge < -0.3 is 10.8 Å². The summed E-state index contributed by atoms with van der Waals surface area (Å²) >= 11 is 0. The summed E-state index contributed by atoms with van der Waals surface area (Å²) in [7, 11) is 0. The SMILES string of the molecule is [CH-]1CC1.[Nb+2].[c-]1ccco1. The Balaban J connectivity index is 0.000000140. The van der Waals surface area contributed by atoms with Gasteiger partial charge in [-0.15, -0.1) is 6.07 Å². The Bertz CT molecular complexity index is 92.5. The molecule has 1 aromatic heterocycles. The van der Waals surface area contributed by atoms with Crippen molar-refractivity contribution in [2.45, 2.75) is 12.8 Å². The van der Waals surface area contributed by atoms with Gasteiger partial charge in [-0.05, 0) is 6.26 Å². The molecule has 0 aromatic carbocycles. The summed E-state index contributed by atoms with van der Waals surface area (Å²) in [6.07, 6.45) is 9.06. The summed E-state index contributed by atoms with van der Waals surface area (Å²) in [6, 6.07) is 3.49. The van der Waals surface area contributed by atoms with Gasteiger partial charge in [0, 0.05) is 0 Å². The molecule has 47 valence electrons. The minimum atomic E-state index is 0. The maximum absolute atomic E-state index is 4.46. The molecule has 9 heavy (non-hydrogen) atoms. The van der Waals surface area contributed by atoms with Crippen molar-refractivity contribution in [3.8, 4) is 0 Å². The minimum Gasteiger partial charge on any atom is -0.599 e. The van der Waals surface area contributed by atoms with Crippen molar-refractivity contribution >= 4 is 0 Å². The van der Waals surface area contributed by atoms with Gasteiger partial charge in [-0.2, -0.15) is 6.07 Å². The first-order valence-electron chi connectivity index (χ1n) is 2.71. The molecule has 1 saturated carbocycles. The minimum absolute atomic E-state index is 0. The van der Waals surface area contributed by atoms with Gasteiger partial charge in [-0.1, -0.05) is 6.26 Å². The van der Waals surface area contributed by atoms with Gasteiger partial charge in [0.2, 0.25) is 0 Å². The average molecular weight is 201 g/mol. The molecule has 1 aromatic rings. The van der Waals surface area contributed by atoms with Gasteiger partial charge in [-0.3, -0.25) is 0 Å². The fourth-order valence-electron chi connectivity index (χ4n) is 0.196. The molecule has 1 radical (unpaired) electrons. The maximum Gasteiger partial charge on any atom is 2.00 e. The van der Waals surface area contributed by atoms with Crippen molar-refractivity contribution in [1.82, 2.24) is 0 Å². The van der Waals surface area contributed by atoms with Gasteiger partial charge in [-0.25, -0.2) is 12.8 Å². The van der Waals surface area contributed by atoms with Crippen molar-refractivity contribution in [2.24, 2.45) is 0 Å². The van der Waals surface area contributed by atoms with E-state index in [0.29, 0.717) is 0 Å². The summed E-state index contributed by atoms with van der Waals surface area (Å²) in [5.74, 6) is 0. The predicted molar refractivity (Wildman–Crippen MR) is 31.1 cm³/mol. The molecule has 1 nitrogen and oxygen atoms in total. The second-order valence-corrected chi connectivity index (χ2v) is 1.60. The quantitative estimate of drug-likeness (QED) is 0.462. The van der Waals surface area contributed by atoms with Crippen LogP contribution in [0.2, 0.25) is 0 Å². The molecular weight excluding hydrogens is 193 g/mol. The van der Waals surface area contributed by atoms with Gasteiger partial charge in [0.05, 0.1) is 0 Å². The Morgan fingerprint density at radius 2 is 2.11 bits per heavy atom. The van der Waals surface area contributed by atoms with Crippen molar-refractivity contribution < 1.29 is 26.8 Å². The monoisotopic (exact) mass is 201 g/mol. The normalized spacial score (nSPS) is 12.4. The van der Waals surface area contributed by atoms with Crippen LogP contribution in [0.15, 0.2) is 22.8 Å². The Hall–Kier alpha value is 0.0203. The molecule has 0 aliphatic heterocycles. The molecule has 2 rings (SSSR count). The van der Waals surface area contributed by atoms with E-state index in [9.17, 15) is 0 Å². The first kappa shape index (κ1) is 9.02. The molecular formula is C7H8NbO. The van der Waals surface area contributed by atoms with Crippen LogP contribution in [0.1, 0.15) is 12.8 Å². The van der Waals surface area contributed by atoms with Crippen LogP contribution in [0.3, 0.4) is 0 Å². The number of hydrogen-bond acceptors (Lipinski definition) is 1. The zero-order valence-electron chi connectivity index (χ0n) is 5.08. The molecule has 0 bridgehead atoms.